The summed E-state index contributed by atoms with van der Waals surface area (Å²) in [6, 6.07) is 0. The minimum Gasteiger partial charge on any atom is -0.310 e. The third kappa shape index (κ3) is 2.36. The molecule has 0 aromatic heterocycles. The molecule has 0 spiro atoms. The molecule has 0 radical (unpaired) electrons. The summed E-state index contributed by atoms with van der Waals surface area (Å²) in [5.41, 5.74) is 0.462. The number of piperidine rings is 1. The topological polar surface area (TPSA) is 12.0 Å². The number of nitrogens with one attached hydrogen (secondary N) is 1. The smallest absolute Gasteiger partial charge is 0.0323 e. The summed E-state index contributed by atoms with van der Waals surface area (Å²) in [6.07, 6.45) is 8.55. The van der Waals surface area contributed by atoms with E-state index in [1.54, 1.807) is 0 Å². The van der Waals surface area contributed by atoms with Crippen molar-refractivity contribution >= 4 is 11.8 Å². The average Bonchev–Trinajstić information content (AvgIpc) is 2.31. The molecule has 2 fully saturated rings. The molecule has 0 aromatic carbocycles. The largest absolute Gasteiger partial charge is 0.310 e. The zero-order chi connectivity index (χ0) is 10.7. The van der Waals surface area contributed by atoms with Gasteiger partial charge in [0.2, 0.25) is 0 Å². The third-order valence-electron chi connectivity index (χ3n) is 4.26. The van der Waals surface area contributed by atoms with Gasteiger partial charge in [-0.05, 0) is 43.9 Å². The van der Waals surface area contributed by atoms with Gasteiger partial charge in [0.15, 0.2) is 0 Å². The fourth-order valence-corrected chi connectivity index (χ4v) is 5.00. The van der Waals surface area contributed by atoms with Crippen LogP contribution in [0.4, 0.5) is 0 Å². The van der Waals surface area contributed by atoms with Crippen LogP contribution >= 0.6 is 11.8 Å². The summed E-state index contributed by atoms with van der Waals surface area (Å²) < 4.78 is 0. The van der Waals surface area contributed by atoms with Crippen molar-refractivity contribution < 1.29 is 0 Å². The van der Waals surface area contributed by atoms with Crippen LogP contribution in [-0.2, 0) is 0 Å². The first kappa shape index (κ1) is 11.8. The van der Waals surface area contributed by atoms with E-state index in [1.807, 2.05) is 0 Å². The van der Waals surface area contributed by atoms with E-state index in [-0.39, 0.29) is 0 Å². The SMILES string of the molecule is CC(C)C1(C2CCCCS2)CCCCN1. The molecule has 2 saturated heterocycles. The maximum Gasteiger partial charge on any atom is 0.0323 e. The standard InChI is InChI=1S/C13H25NS/c1-11(2)13(8-4-5-9-14-13)12-7-3-6-10-15-12/h11-12,14H,3-10H2,1-2H3. The van der Waals surface area contributed by atoms with Crippen LogP contribution in [0.5, 0.6) is 0 Å². The second-order valence-electron chi connectivity index (χ2n) is 5.43. The second-order valence-corrected chi connectivity index (χ2v) is 6.74. The van der Waals surface area contributed by atoms with Gasteiger partial charge >= 0.3 is 0 Å². The third-order valence-corrected chi connectivity index (χ3v) is 5.84. The lowest BCUT2D eigenvalue weighted by molar-refractivity contribution is 0.171. The highest BCUT2D eigenvalue weighted by Gasteiger charge is 2.42. The van der Waals surface area contributed by atoms with Crippen molar-refractivity contribution in [3.8, 4) is 0 Å². The first-order valence-corrected chi connectivity index (χ1v) is 7.67. The number of rotatable bonds is 2. The average molecular weight is 227 g/mol. The molecule has 2 aliphatic heterocycles. The van der Waals surface area contributed by atoms with Crippen molar-refractivity contribution in [2.24, 2.45) is 5.92 Å². The summed E-state index contributed by atoms with van der Waals surface area (Å²) in [5, 5.41) is 4.76. The van der Waals surface area contributed by atoms with Crippen molar-refractivity contribution in [2.45, 2.75) is 63.2 Å². The Morgan fingerprint density at radius 2 is 2.07 bits per heavy atom. The van der Waals surface area contributed by atoms with Crippen LogP contribution in [0.25, 0.3) is 0 Å². The fourth-order valence-electron chi connectivity index (χ4n) is 3.24. The van der Waals surface area contributed by atoms with Crippen molar-refractivity contribution in [2.75, 3.05) is 12.3 Å². The van der Waals surface area contributed by atoms with Gasteiger partial charge in [0.25, 0.3) is 0 Å². The monoisotopic (exact) mass is 227 g/mol. The van der Waals surface area contributed by atoms with E-state index in [4.69, 9.17) is 0 Å². The van der Waals surface area contributed by atoms with Crippen LogP contribution in [0.1, 0.15) is 52.4 Å². The van der Waals surface area contributed by atoms with Gasteiger partial charge in [-0.3, -0.25) is 0 Å². The van der Waals surface area contributed by atoms with Gasteiger partial charge in [-0.15, -0.1) is 0 Å². The molecular formula is C13H25NS. The Bertz CT molecular complexity index is 191. The Balaban J connectivity index is 2.09. The molecular weight excluding hydrogens is 202 g/mol. The Labute approximate surface area is 98.8 Å². The van der Waals surface area contributed by atoms with Crippen LogP contribution in [0, 0.1) is 5.92 Å². The van der Waals surface area contributed by atoms with Gasteiger partial charge in [-0.25, -0.2) is 0 Å². The zero-order valence-corrected chi connectivity index (χ0v) is 11.0. The van der Waals surface area contributed by atoms with Gasteiger partial charge < -0.3 is 5.32 Å². The maximum absolute atomic E-state index is 3.88. The molecule has 0 aromatic rings. The Kier molecular flexibility index (Phi) is 4.00. The van der Waals surface area contributed by atoms with E-state index >= 15 is 0 Å². The van der Waals surface area contributed by atoms with E-state index in [0.717, 1.165) is 11.2 Å². The van der Waals surface area contributed by atoms with E-state index in [1.165, 1.54) is 50.8 Å². The van der Waals surface area contributed by atoms with Crippen molar-refractivity contribution in [3.05, 3.63) is 0 Å². The maximum atomic E-state index is 3.88. The van der Waals surface area contributed by atoms with E-state index in [9.17, 15) is 0 Å². The van der Waals surface area contributed by atoms with E-state index < -0.39 is 0 Å². The van der Waals surface area contributed by atoms with Gasteiger partial charge in [0.05, 0.1) is 0 Å². The molecule has 2 atom stereocenters. The predicted molar refractivity (Wildman–Crippen MR) is 69.5 cm³/mol. The normalized spacial score (nSPS) is 38.2. The number of hydrogen-bond donors (Lipinski definition) is 1. The van der Waals surface area contributed by atoms with Gasteiger partial charge in [-0.1, -0.05) is 26.7 Å². The van der Waals surface area contributed by atoms with Crippen LogP contribution < -0.4 is 5.32 Å². The highest BCUT2D eigenvalue weighted by molar-refractivity contribution is 8.00. The summed E-state index contributed by atoms with van der Waals surface area (Å²) in [5.74, 6) is 2.18. The minimum atomic E-state index is 0.462. The lowest BCUT2D eigenvalue weighted by Gasteiger charge is -2.48. The van der Waals surface area contributed by atoms with Crippen LogP contribution in [0.15, 0.2) is 0 Å². The van der Waals surface area contributed by atoms with E-state index in [2.05, 4.69) is 30.9 Å². The Morgan fingerprint density at radius 3 is 2.60 bits per heavy atom. The molecule has 2 heteroatoms. The molecule has 1 N–H and O–H groups in total. The summed E-state index contributed by atoms with van der Waals surface area (Å²) >= 11 is 2.23. The van der Waals surface area contributed by atoms with Crippen LogP contribution in [0.3, 0.4) is 0 Å². The molecule has 15 heavy (non-hydrogen) atoms. The van der Waals surface area contributed by atoms with Crippen molar-refractivity contribution in [3.63, 3.8) is 0 Å². The molecule has 1 nitrogen and oxygen atoms in total. The Hall–Kier alpha value is 0.310. The molecule has 0 saturated carbocycles. The number of thioether (sulfide) groups is 1. The first-order valence-electron chi connectivity index (χ1n) is 6.62. The molecule has 0 amide bonds. The van der Waals surface area contributed by atoms with Gasteiger partial charge in [0, 0.05) is 10.8 Å². The lowest BCUT2D eigenvalue weighted by atomic mass is 9.75. The van der Waals surface area contributed by atoms with Crippen LogP contribution in [-0.4, -0.2) is 23.1 Å². The van der Waals surface area contributed by atoms with Crippen molar-refractivity contribution in [1.82, 2.24) is 5.32 Å². The van der Waals surface area contributed by atoms with Crippen LogP contribution in [0.2, 0.25) is 0 Å². The summed E-state index contributed by atoms with van der Waals surface area (Å²) in [7, 11) is 0. The second kappa shape index (κ2) is 5.09. The predicted octanol–water partition coefficient (Wildman–Crippen LogP) is 3.44. The minimum absolute atomic E-state index is 0.462. The zero-order valence-electron chi connectivity index (χ0n) is 10.2. The summed E-state index contributed by atoms with van der Waals surface area (Å²) in [4.78, 5) is 0. The molecule has 0 bridgehead atoms. The Morgan fingerprint density at radius 1 is 1.20 bits per heavy atom. The first-order chi connectivity index (χ1) is 7.26. The molecule has 2 unspecified atom stereocenters. The molecule has 2 heterocycles. The summed E-state index contributed by atoms with van der Waals surface area (Å²) in [6.45, 7) is 6.07. The molecule has 0 aliphatic carbocycles. The highest BCUT2D eigenvalue weighted by Crippen LogP contribution is 2.41. The highest BCUT2D eigenvalue weighted by atomic mass is 32.2. The van der Waals surface area contributed by atoms with Gasteiger partial charge in [-0.2, -0.15) is 11.8 Å². The number of hydrogen-bond acceptors (Lipinski definition) is 2. The fraction of sp³-hybridized carbons (Fsp3) is 1.00. The van der Waals surface area contributed by atoms with E-state index in [0.29, 0.717) is 5.54 Å². The molecule has 2 aliphatic rings. The molecule has 88 valence electrons. The quantitative estimate of drug-likeness (QED) is 0.775. The van der Waals surface area contributed by atoms with Crippen molar-refractivity contribution in [1.29, 1.82) is 0 Å². The molecule has 2 rings (SSSR count). The van der Waals surface area contributed by atoms with Gasteiger partial charge in [0.1, 0.15) is 0 Å². The lowest BCUT2D eigenvalue weighted by Crippen LogP contribution is -2.59.